The average Bonchev–Trinajstić information content (AvgIpc) is 2.16. The lowest BCUT2D eigenvalue weighted by Gasteiger charge is -1.85. The van der Waals surface area contributed by atoms with Crippen molar-refractivity contribution in [2.45, 2.75) is 0 Å². The highest BCUT2D eigenvalue weighted by Gasteiger charge is 1.85. The number of carbonyl (C=O) groups excluding carboxylic acids is 2. The molecule has 0 bridgehead atoms. The van der Waals surface area contributed by atoms with Crippen LogP contribution in [0.1, 0.15) is 0 Å². The van der Waals surface area contributed by atoms with E-state index in [9.17, 15) is 9.59 Å². The minimum absolute atomic E-state index is 0.401. The quantitative estimate of drug-likeness (QED) is 0.281. The Morgan fingerprint density at radius 1 is 1.15 bits per heavy atom. The minimum atomic E-state index is -0.401. The zero-order chi connectivity index (χ0) is 9.94. The number of hydrogen-bond acceptors (Lipinski definition) is 3. The fourth-order valence-corrected chi connectivity index (χ4v) is 0.489. The van der Waals surface area contributed by atoms with E-state index >= 15 is 0 Å². The Morgan fingerprint density at radius 2 is 1.77 bits per heavy atom. The number of rotatable bonds is 4. The molecule has 0 heterocycles. The summed E-state index contributed by atoms with van der Waals surface area (Å²) in [5.74, 6) is 1.20. The standard InChI is InChI=1S/C10H10O3/c1-13-10(12)8-6-4-2-3-5-7-9-11/h2-8H,1H3/b4-2+,5-3+,8-6+. The fourth-order valence-electron chi connectivity index (χ4n) is 0.489. The molecule has 0 unspecified atom stereocenters. The maximum Gasteiger partial charge on any atom is 0.330 e. The fraction of sp³-hybridized carbons (Fsp3) is 0.100. The molecule has 0 aliphatic rings. The van der Waals surface area contributed by atoms with Gasteiger partial charge in [0.25, 0.3) is 0 Å². The van der Waals surface area contributed by atoms with E-state index in [1.54, 1.807) is 30.2 Å². The van der Waals surface area contributed by atoms with Gasteiger partial charge in [-0.3, -0.25) is 0 Å². The van der Waals surface area contributed by atoms with E-state index in [4.69, 9.17) is 0 Å². The third-order valence-electron chi connectivity index (χ3n) is 1.04. The Morgan fingerprint density at radius 3 is 2.38 bits per heavy atom. The van der Waals surface area contributed by atoms with E-state index in [0.29, 0.717) is 0 Å². The Balaban J connectivity index is 3.81. The first kappa shape index (κ1) is 11.1. The first-order chi connectivity index (χ1) is 6.31. The van der Waals surface area contributed by atoms with Gasteiger partial charge in [-0.2, -0.15) is 0 Å². The SMILES string of the molecule is COC(=O)/C=C/C=C/C=C/C=C=O. The molecule has 0 aliphatic carbocycles. The molecule has 3 nitrogen and oxygen atoms in total. The van der Waals surface area contributed by atoms with Crippen molar-refractivity contribution in [3.63, 3.8) is 0 Å². The summed E-state index contributed by atoms with van der Waals surface area (Å²) < 4.78 is 4.36. The number of esters is 1. The molecule has 0 saturated carbocycles. The zero-order valence-electron chi connectivity index (χ0n) is 7.27. The first-order valence-electron chi connectivity index (χ1n) is 3.60. The van der Waals surface area contributed by atoms with Crippen LogP contribution in [-0.4, -0.2) is 19.0 Å². The number of methoxy groups -OCH3 is 1. The second-order valence-electron chi connectivity index (χ2n) is 1.94. The molecule has 0 spiro atoms. The predicted octanol–water partition coefficient (Wildman–Crippen LogP) is 1.22. The topological polar surface area (TPSA) is 43.4 Å². The number of hydrogen-bond donors (Lipinski definition) is 0. The molecule has 68 valence electrons. The van der Waals surface area contributed by atoms with Crippen molar-refractivity contribution in [3.8, 4) is 0 Å². The predicted molar refractivity (Wildman–Crippen MR) is 49.7 cm³/mol. The van der Waals surface area contributed by atoms with Crippen molar-refractivity contribution >= 4 is 11.9 Å². The monoisotopic (exact) mass is 178 g/mol. The van der Waals surface area contributed by atoms with Crippen LogP contribution in [0, 0.1) is 0 Å². The molecule has 0 N–H and O–H groups in total. The molecule has 0 saturated heterocycles. The second kappa shape index (κ2) is 8.24. The maximum atomic E-state index is 10.5. The van der Waals surface area contributed by atoms with E-state index in [-0.39, 0.29) is 0 Å². The van der Waals surface area contributed by atoms with Gasteiger partial charge >= 0.3 is 5.97 Å². The van der Waals surface area contributed by atoms with Crippen LogP contribution in [0.3, 0.4) is 0 Å². The van der Waals surface area contributed by atoms with Gasteiger partial charge in [-0.15, -0.1) is 0 Å². The van der Waals surface area contributed by atoms with E-state index in [1.807, 2.05) is 0 Å². The molecular formula is C10H10O3. The van der Waals surface area contributed by atoms with Gasteiger partial charge < -0.3 is 4.74 Å². The van der Waals surface area contributed by atoms with Crippen LogP contribution in [0.25, 0.3) is 0 Å². The minimum Gasteiger partial charge on any atom is -0.466 e. The maximum absolute atomic E-state index is 10.5. The van der Waals surface area contributed by atoms with Crippen molar-refractivity contribution in [2.75, 3.05) is 7.11 Å². The van der Waals surface area contributed by atoms with Gasteiger partial charge in [0.15, 0.2) is 0 Å². The normalized spacial score (nSPS) is 10.8. The average molecular weight is 178 g/mol. The lowest BCUT2D eigenvalue weighted by molar-refractivity contribution is -0.134. The van der Waals surface area contributed by atoms with Gasteiger partial charge in [0.1, 0.15) is 5.94 Å². The van der Waals surface area contributed by atoms with Gasteiger partial charge in [-0.1, -0.05) is 30.4 Å². The van der Waals surface area contributed by atoms with E-state index < -0.39 is 5.97 Å². The summed E-state index contributed by atoms with van der Waals surface area (Å²) in [5, 5.41) is 0. The van der Waals surface area contributed by atoms with Gasteiger partial charge in [-0.25, -0.2) is 9.59 Å². The molecule has 0 rings (SSSR count). The molecule has 0 aliphatic heterocycles. The molecule has 0 aromatic carbocycles. The highest BCUT2D eigenvalue weighted by atomic mass is 16.5. The van der Waals surface area contributed by atoms with Crippen molar-refractivity contribution in [1.82, 2.24) is 0 Å². The third kappa shape index (κ3) is 8.04. The van der Waals surface area contributed by atoms with Crippen LogP contribution < -0.4 is 0 Å². The Bertz CT molecular complexity index is 279. The summed E-state index contributed by atoms with van der Waals surface area (Å²) in [6, 6.07) is 0. The Hall–Kier alpha value is -1.86. The van der Waals surface area contributed by atoms with E-state index in [2.05, 4.69) is 4.74 Å². The van der Waals surface area contributed by atoms with E-state index in [0.717, 1.165) is 0 Å². The third-order valence-corrected chi connectivity index (χ3v) is 1.04. The van der Waals surface area contributed by atoms with Crippen molar-refractivity contribution < 1.29 is 14.3 Å². The Labute approximate surface area is 76.7 Å². The van der Waals surface area contributed by atoms with Crippen molar-refractivity contribution in [3.05, 3.63) is 42.5 Å². The Kier molecular flexibility index (Phi) is 7.06. The lowest BCUT2D eigenvalue weighted by atomic mass is 10.4. The largest absolute Gasteiger partial charge is 0.466 e. The summed E-state index contributed by atoms with van der Waals surface area (Å²) in [7, 11) is 1.31. The molecule has 3 heteroatoms. The second-order valence-corrected chi connectivity index (χ2v) is 1.94. The lowest BCUT2D eigenvalue weighted by Crippen LogP contribution is -1.92. The molecule has 0 radical (unpaired) electrons. The first-order valence-corrected chi connectivity index (χ1v) is 3.60. The van der Waals surface area contributed by atoms with Crippen LogP contribution in [0.2, 0.25) is 0 Å². The highest BCUT2D eigenvalue weighted by Crippen LogP contribution is 1.82. The van der Waals surface area contributed by atoms with E-state index in [1.165, 1.54) is 25.3 Å². The molecule has 0 amide bonds. The summed E-state index contributed by atoms with van der Waals surface area (Å²) in [5.41, 5.74) is 0. The number of carbonyl (C=O) groups is 1. The van der Waals surface area contributed by atoms with Gasteiger partial charge in [-0.05, 0) is 0 Å². The smallest absolute Gasteiger partial charge is 0.330 e. The van der Waals surface area contributed by atoms with Crippen LogP contribution in [0.15, 0.2) is 42.5 Å². The number of ether oxygens (including phenoxy) is 1. The van der Waals surface area contributed by atoms with Gasteiger partial charge in [0, 0.05) is 12.2 Å². The molecule has 0 fully saturated rings. The molecule has 13 heavy (non-hydrogen) atoms. The van der Waals surface area contributed by atoms with Gasteiger partial charge in [0.2, 0.25) is 0 Å². The van der Waals surface area contributed by atoms with Crippen LogP contribution in [0.5, 0.6) is 0 Å². The summed E-state index contributed by atoms with van der Waals surface area (Å²) in [4.78, 5) is 20.2. The number of allylic oxidation sites excluding steroid dienone is 6. The molecule has 0 aromatic rings. The van der Waals surface area contributed by atoms with Crippen LogP contribution in [-0.2, 0) is 14.3 Å². The summed E-state index contributed by atoms with van der Waals surface area (Å²) >= 11 is 0. The van der Waals surface area contributed by atoms with Crippen molar-refractivity contribution in [1.29, 1.82) is 0 Å². The highest BCUT2D eigenvalue weighted by molar-refractivity contribution is 5.82. The summed E-state index contributed by atoms with van der Waals surface area (Å²) in [6.07, 6.45) is 10.6. The molecular weight excluding hydrogens is 168 g/mol. The van der Waals surface area contributed by atoms with Gasteiger partial charge in [0.05, 0.1) is 7.11 Å². The summed E-state index contributed by atoms with van der Waals surface area (Å²) in [6.45, 7) is 0. The molecule has 0 aromatic heterocycles. The van der Waals surface area contributed by atoms with Crippen molar-refractivity contribution in [2.24, 2.45) is 0 Å². The molecule has 0 atom stereocenters. The zero-order valence-corrected chi connectivity index (χ0v) is 7.27. The van der Waals surface area contributed by atoms with Crippen LogP contribution in [0.4, 0.5) is 0 Å². The van der Waals surface area contributed by atoms with Crippen LogP contribution >= 0.6 is 0 Å².